The van der Waals surface area contributed by atoms with Gasteiger partial charge < -0.3 is 20.1 Å². The zero-order chi connectivity index (χ0) is 18.6. The third kappa shape index (κ3) is 7.38. The molecule has 2 rings (SSSR count). The van der Waals surface area contributed by atoms with Crippen molar-refractivity contribution in [1.82, 2.24) is 15.6 Å². The minimum Gasteiger partial charge on any atom is -0.490 e. The van der Waals surface area contributed by atoms with Gasteiger partial charge in [0.25, 0.3) is 0 Å². The topological polar surface area (TPSA) is 67.8 Å². The van der Waals surface area contributed by atoms with Crippen molar-refractivity contribution in [3.8, 4) is 11.5 Å². The number of halogens is 1. The summed E-state index contributed by atoms with van der Waals surface area (Å²) in [6, 6.07) is 9.65. The van der Waals surface area contributed by atoms with Crippen LogP contribution in [0.5, 0.6) is 11.5 Å². The Hall–Kier alpha value is -2.83. The zero-order valence-electron chi connectivity index (χ0n) is 15.1. The van der Waals surface area contributed by atoms with E-state index in [1.165, 1.54) is 12.1 Å². The van der Waals surface area contributed by atoms with Gasteiger partial charge in [-0.05, 0) is 50.2 Å². The van der Waals surface area contributed by atoms with Gasteiger partial charge in [-0.2, -0.15) is 0 Å². The molecule has 0 aliphatic heterocycles. The van der Waals surface area contributed by atoms with E-state index in [1.807, 2.05) is 26.0 Å². The van der Waals surface area contributed by atoms with Crippen molar-refractivity contribution >= 4 is 5.96 Å². The third-order valence-electron chi connectivity index (χ3n) is 3.30. The lowest BCUT2D eigenvalue weighted by atomic mass is 10.3. The van der Waals surface area contributed by atoms with Gasteiger partial charge in [-0.1, -0.05) is 0 Å². The Balaban J connectivity index is 1.74. The molecule has 0 fully saturated rings. The first-order valence-corrected chi connectivity index (χ1v) is 8.64. The molecular weight excluding hydrogens is 335 g/mol. The summed E-state index contributed by atoms with van der Waals surface area (Å²) in [5.74, 6) is 1.77. The Morgan fingerprint density at radius 2 is 2.00 bits per heavy atom. The quantitative estimate of drug-likeness (QED) is 0.409. The number of rotatable bonds is 9. The van der Waals surface area contributed by atoms with Crippen molar-refractivity contribution in [2.24, 2.45) is 4.99 Å². The molecule has 0 saturated carbocycles. The van der Waals surface area contributed by atoms with Crippen LogP contribution in [0.15, 0.2) is 53.8 Å². The average Bonchev–Trinajstić information content (AvgIpc) is 2.66. The summed E-state index contributed by atoms with van der Waals surface area (Å²) >= 11 is 0. The van der Waals surface area contributed by atoms with Gasteiger partial charge in [0.05, 0.1) is 19.3 Å². The summed E-state index contributed by atoms with van der Waals surface area (Å²) in [4.78, 5) is 8.50. The second-order valence-electron chi connectivity index (χ2n) is 5.57. The lowest BCUT2D eigenvalue weighted by molar-refractivity contribution is 0.230. The van der Waals surface area contributed by atoms with E-state index in [4.69, 9.17) is 9.47 Å². The van der Waals surface area contributed by atoms with Gasteiger partial charge in [-0.25, -0.2) is 9.38 Å². The number of aliphatic imine (C=N–C) groups is 1. The molecule has 2 aromatic rings. The van der Waals surface area contributed by atoms with Gasteiger partial charge in [-0.3, -0.25) is 4.98 Å². The lowest BCUT2D eigenvalue weighted by Gasteiger charge is -2.15. The third-order valence-corrected chi connectivity index (χ3v) is 3.30. The van der Waals surface area contributed by atoms with Gasteiger partial charge in [0.1, 0.15) is 30.0 Å². The van der Waals surface area contributed by atoms with Crippen molar-refractivity contribution < 1.29 is 13.9 Å². The van der Waals surface area contributed by atoms with E-state index in [2.05, 4.69) is 20.6 Å². The van der Waals surface area contributed by atoms with Crippen molar-refractivity contribution in [2.45, 2.75) is 20.0 Å². The summed E-state index contributed by atoms with van der Waals surface area (Å²) in [6.45, 7) is 6.24. The maximum atomic E-state index is 12.9. The summed E-state index contributed by atoms with van der Waals surface area (Å²) in [5.41, 5.74) is 0. The lowest BCUT2D eigenvalue weighted by Crippen LogP contribution is -2.40. The molecule has 0 aliphatic rings. The molecule has 1 heterocycles. The standard InChI is InChI=1S/C19H25FN4O2/c1-3-22-19(23-11-12-25-18-5-4-10-21-14-18)24-13-15(2)26-17-8-6-16(20)7-9-17/h4-10,14-15H,3,11-13H2,1-2H3,(H2,22,23,24). The van der Waals surface area contributed by atoms with Crippen molar-refractivity contribution in [3.05, 3.63) is 54.6 Å². The number of hydrogen-bond acceptors (Lipinski definition) is 4. The number of hydrogen-bond donors (Lipinski definition) is 2. The van der Waals surface area contributed by atoms with Gasteiger partial charge in [0.15, 0.2) is 5.96 Å². The molecule has 1 aromatic carbocycles. The van der Waals surface area contributed by atoms with E-state index in [-0.39, 0.29) is 11.9 Å². The first kappa shape index (κ1) is 19.5. The number of ether oxygens (including phenoxy) is 2. The van der Waals surface area contributed by atoms with Crippen molar-refractivity contribution in [3.63, 3.8) is 0 Å². The molecule has 6 nitrogen and oxygen atoms in total. The molecule has 0 bridgehead atoms. The summed E-state index contributed by atoms with van der Waals surface area (Å²) in [5, 5.41) is 6.38. The fraction of sp³-hybridized carbons (Fsp3) is 0.368. The molecular formula is C19H25FN4O2. The van der Waals surface area contributed by atoms with Crippen LogP contribution in [0.2, 0.25) is 0 Å². The highest BCUT2D eigenvalue weighted by Crippen LogP contribution is 2.13. The van der Waals surface area contributed by atoms with E-state index < -0.39 is 0 Å². The Bertz CT molecular complexity index is 665. The normalized spacial score (nSPS) is 12.3. The van der Waals surface area contributed by atoms with Gasteiger partial charge in [-0.15, -0.1) is 0 Å². The number of guanidine groups is 1. The Morgan fingerprint density at radius 3 is 2.69 bits per heavy atom. The highest BCUT2D eigenvalue weighted by atomic mass is 19.1. The predicted molar refractivity (Wildman–Crippen MR) is 100 cm³/mol. The summed E-state index contributed by atoms with van der Waals surface area (Å²) in [7, 11) is 0. The number of pyridine rings is 1. The Morgan fingerprint density at radius 1 is 1.19 bits per heavy atom. The minimum absolute atomic E-state index is 0.137. The zero-order valence-corrected chi connectivity index (χ0v) is 15.1. The monoisotopic (exact) mass is 360 g/mol. The van der Waals surface area contributed by atoms with Crippen molar-refractivity contribution in [2.75, 3.05) is 26.2 Å². The molecule has 1 unspecified atom stereocenters. The van der Waals surface area contributed by atoms with Gasteiger partial charge in [0, 0.05) is 12.7 Å². The molecule has 1 atom stereocenters. The second kappa shape index (κ2) is 10.9. The first-order valence-electron chi connectivity index (χ1n) is 8.64. The molecule has 140 valence electrons. The van der Waals surface area contributed by atoms with Crippen LogP contribution < -0.4 is 20.1 Å². The maximum Gasteiger partial charge on any atom is 0.191 e. The van der Waals surface area contributed by atoms with Gasteiger partial charge >= 0.3 is 0 Å². The Kier molecular flexibility index (Phi) is 8.18. The highest BCUT2D eigenvalue weighted by Gasteiger charge is 2.05. The first-order chi connectivity index (χ1) is 12.7. The van der Waals surface area contributed by atoms with Crippen LogP contribution in [-0.4, -0.2) is 43.3 Å². The number of aromatic nitrogens is 1. The van der Waals surface area contributed by atoms with Crippen molar-refractivity contribution in [1.29, 1.82) is 0 Å². The smallest absolute Gasteiger partial charge is 0.191 e. The van der Waals surface area contributed by atoms with Crippen LogP contribution >= 0.6 is 0 Å². The number of nitrogens with zero attached hydrogens (tertiary/aromatic N) is 2. The predicted octanol–water partition coefficient (Wildman–Crippen LogP) is 2.62. The van der Waals surface area contributed by atoms with Gasteiger partial charge in [0.2, 0.25) is 0 Å². The average molecular weight is 360 g/mol. The molecule has 2 N–H and O–H groups in total. The molecule has 0 radical (unpaired) electrons. The largest absolute Gasteiger partial charge is 0.490 e. The van der Waals surface area contributed by atoms with E-state index in [0.717, 1.165) is 12.3 Å². The van der Waals surface area contributed by atoms with Crippen LogP contribution in [0.3, 0.4) is 0 Å². The Labute approximate surface area is 153 Å². The van der Waals surface area contributed by atoms with E-state index >= 15 is 0 Å². The maximum absolute atomic E-state index is 12.9. The fourth-order valence-corrected chi connectivity index (χ4v) is 2.12. The fourth-order valence-electron chi connectivity index (χ4n) is 2.12. The van der Waals surface area contributed by atoms with E-state index in [9.17, 15) is 4.39 Å². The van der Waals surface area contributed by atoms with Crippen LogP contribution in [0.1, 0.15) is 13.8 Å². The second-order valence-corrected chi connectivity index (χ2v) is 5.57. The molecule has 7 heteroatoms. The molecule has 0 spiro atoms. The molecule has 0 amide bonds. The summed E-state index contributed by atoms with van der Waals surface area (Å²) in [6.07, 6.45) is 3.24. The van der Waals surface area contributed by atoms with Crippen LogP contribution in [-0.2, 0) is 0 Å². The van der Waals surface area contributed by atoms with E-state index in [1.54, 1.807) is 24.5 Å². The number of benzene rings is 1. The highest BCUT2D eigenvalue weighted by molar-refractivity contribution is 5.79. The van der Waals surface area contributed by atoms with Crippen LogP contribution in [0.25, 0.3) is 0 Å². The summed E-state index contributed by atoms with van der Waals surface area (Å²) < 4.78 is 24.2. The molecule has 1 aromatic heterocycles. The molecule has 0 aliphatic carbocycles. The molecule has 0 saturated heterocycles. The SMILES string of the molecule is CCNC(=NCC(C)Oc1ccc(F)cc1)NCCOc1cccnc1. The molecule has 26 heavy (non-hydrogen) atoms. The minimum atomic E-state index is -0.282. The number of nitrogens with one attached hydrogen (secondary N) is 2. The van der Waals surface area contributed by atoms with Crippen LogP contribution in [0.4, 0.5) is 4.39 Å². The van der Waals surface area contributed by atoms with Crippen LogP contribution in [0, 0.1) is 5.82 Å². The van der Waals surface area contributed by atoms with E-state index in [0.29, 0.717) is 31.4 Å².